The minimum atomic E-state index is 0.0127. The van der Waals surface area contributed by atoms with Crippen molar-refractivity contribution in [3.63, 3.8) is 0 Å². The average molecular weight is 350 g/mol. The zero-order valence-electron chi connectivity index (χ0n) is 14.0. The average Bonchev–Trinajstić information content (AvgIpc) is 2.96. The Morgan fingerprint density at radius 3 is 2.58 bits per heavy atom. The largest absolute Gasteiger partial charge is 0.454 e. The molecule has 0 saturated heterocycles. The van der Waals surface area contributed by atoms with E-state index in [1.165, 1.54) is 0 Å². The number of aromatic nitrogens is 1. The molecule has 0 aliphatic carbocycles. The summed E-state index contributed by atoms with van der Waals surface area (Å²) >= 11 is 6.33. The molecule has 1 amide bonds. The van der Waals surface area contributed by atoms with Crippen molar-refractivity contribution >= 4 is 28.4 Å². The van der Waals surface area contributed by atoms with Crippen molar-refractivity contribution in [1.82, 2.24) is 14.8 Å². The lowest BCUT2D eigenvalue weighted by Crippen LogP contribution is -2.34. The van der Waals surface area contributed by atoms with Gasteiger partial charge in [0.25, 0.3) is 0 Å². The maximum absolute atomic E-state index is 11.9. The third kappa shape index (κ3) is 3.55. The molecular formula is C17H20ClN3O3. The maximum Gasteiger partial charge on any atom is 0.231 e. The van der Waals surface area contributed by atoms with Crippen LogP contribution >= 0.6 is 11.6 Å². The van der Waals surface area contributed by atoms with Gasteiger partial charge in [-0.05, 0) is 26.2 Å². The molecule has 0 N–H and O–H groups in total. The standard InChI is InChI=1S/C17H20ClN3O3/c1-11(22)21(5-4-20(2)3)9-13-6-12-7-15-16(24-10-23-15)8-14(12)19-17(13)18/h6-8H,4-5,9-10H2,1-3H3. The van der Waals surface area contributed by atoms with Crippen molar-refractivity contribution in [1.29, 1.82) is 0 Å². The molecule has 1 aliphatic rings. The van der Waals surface area contributed by atoms with E-state index < -0.39 is 0 Å². The third-order valence-electron chi connectivity index (χ3n) is 3.96. The molecule has 24 heavy (non-hydrogen) atoms. The maximum atomic E-state index is 11.9. The Labute approximate surface area is 145 Å². The molecule has 2 aromatic rings. The summed E-state index contributed by atoms with van der Waals surface area (Å²) in [4.78, 5) is 20.1. The second-order valence-corrected chi connectivity index (χ2v) is 6.44. The number of rotatable bonds is 5. The fourth-order valence-corrected chi connectivity index (χ4v) is 2.77. The summed E-state index contributed by atoms with van der Waals surface area (Å²) in [5.74, 6) is 1.39. The molecule has 0 bridgehead atoms. The summed E-state index contributed by atoms with van der Waals surface area (Å²) in [5, 5.41) is 1.31. The molecule has 7 heteroatoms. The lowest BCUT2D eigenvalue weighted by atomic mass is 10.1. The first-order valence-corrected chi connectivity index (χ1v) is 8.11. The molecule has 1 aromatic heterocycles. The van der Waals surface area contributed by atoms with Crippen molar-refractivity contribution < 1.29 is 14.3 Å². The first kappa shape index (κ1) is 16.8. The van der Waals surface area contributed by atoms with Gasteiger partial charge in [-0.25, -0.2) is 4.98 Å². The molecule has 1 aromatic carbocycles. The molecule has 6 nitrogen and oxygen atoms in total. The van der Waals surface area contributed by atoms with E-state index in [9.17, 15) is 4.79 Å². The molecule has 0 spiro atoms. The van der Waals surface area contributed by atoms with E-state index in [1.807, 2.05) is 37.2 Å². The summed E-state index contributed by atoms with van der Waals surface area (Å²) < 4.78 is 10.8. The fraction of sp³-hybridized carbons (Fsp3) is 0.412. The lowest BCUT2D eigenvalue weighted by Gasteiger charge is -2.23. The number of ether oxygens (including phenoxy) is 2. The number of benzene rings is 1. The number of pyridine rings is 1. The van der Waals surface area contributed by atoms with Crippen LogP contribution in [0.15, 0.2) is 18.2 Å². The monoisotopic (exact) mass is 349 g/mol. The van der Waals surface area contributed by atoms with Crippen LogP contribution in [0.25, 0.3) is 10.9 Å². The Balaban J connectivity index is 1.89. The van der Waals surface area contributed by atoms with Crippen molar-refractivity contribution in [3.05, 3.63) is 28.9 Å². The van der Waals surface area contributed by atoms with Gasteiger partial charge in [-0.3, -0.25) is 4.79 Å². The van der Waals surface area contributed by atoms with Gasteiger partial charge < -0.3 is 19.3 Å². The summed E-state index contributed by atoms with van der Waals surface area (Å²) in [7, 11) is 3.96. The van der Waals surface area contributed by atoms with E-state index in [1.54, 1.807) is 11.8 Å². The Hall–Kier alpha value is -2.05. The van der Waals surface area contributed by atoms with E-state index in [4.69, 9.17) is 21.1 Å². The van der Waals surface area contributed by atoms with Crippen molar-refractivity contribution in [3.8, 4) is 11.5 Å². The van der Waals surface area contributed by atoms with E-state index in [0.717, 1.165) is 23.0 Å². The number of carbonyl (C=O) groups excluding carboxylic acids is 1. The molecule has 2 heterocycles. The molecule has 0 unspecified atom stereocenters. The summed E-state index contributed by atoms with van der Waals surface area (Å²) in [6.45, 7) is 3.64. The second kappa shape index (κ2) is 6.83. The Bertz CT molecular complexity index is 779. The van der Waals surface area contributed by atoms with Gasteiger partial charge in [0.05, 0.1) is 5.52 Å². The smallest absolute Gasteiger partial charge is 0.231 e. The predicted molar refractivity (Wildman–Crippen MR) is 92.5 cm³/mol. The first-order chi connectivity index (χ1) is 11.4. The van der Waals surface area contributed by atoms with Gasteiger partial charge in [0.1, 0.15) is 5.15 Å². The Kier molecular flexibility index (Phi) is 4.78. The van der Waals surface area contributed by atoms with Gasteiger partial charge in [0, 0.05) is 43.6 Å². The van der Waals surface area contributed by atoms with Crippen molar-refractivity contribution in [2.24, 2.45) is 0 Å². The molecule has 0 fully saturated rings. The van der Waals surface area contributed by atoms with Crippen LogP contribution < -0.4 is 9.47 Å². The Morgan fingerprint density at radius 2 is 1.92 bits per heavy atom. The number of nitrogens with zero attached hydrogens (tertiary/aromatic N) is 3. The number of fused-ring (bicyclic) bond motifs is 2. The zero-order valence-corrected chi connectivity index (χ0v) is 14.8. The van der Waals surface area contributed by atoms with Crippen molar-refractivity contribution in [2.75, 3.05) is 34.0 Å². The lowest BCUT2D eigenvalue weighted by molar-refractivity contribution is -0.129. The minimum Gasteiger partial charge on any atom is -0.454 e. The minimum absolute atomic E-state index is 0.0127. The Morgan fingerprint density at radius 1 is 1.21 bits per heavy atom. The van der Waals surface area contributed by atoms with Crippen LogP contribution in [0.4, 0.5) is 0 Å². The van der Waals surface area contributed by atoms with Crippen LogP contribution in [-0.2, 0) is 11.3 Å². The van der Waals surface area contributed by atoms with Crippen LogP contribution in [0.5, 0.6) is 11.5 Å². The van der Waals surface area contributed by atoms with Crippen molar-refractivity contribution in [2.45, 2.75) is 13.5 Å². The summed E-state index contributed by atoms with van der Waals surface area (Å²) in [6.07, 6.45) is 0. The van der Waals surface area contributed by atoms with Crippen LogP contribution in [0.1, 0.15) is 12.5 Å². The van der Waals surface area contributed by atoms with Gasteiger partial charge in [-0.1, -0.05) is 11.6 Å². The van der Waals surface area contributed by atoms with Crippen LogP contribution in [0.2, 0.25) is 5.15 Å². The normalized spacial score (nSPS) is 12.9. The molecule has 128 valence electrons. The SMILES string of the molecule is CC(=O)N(CCN(C)C)Cc1cc2cc3c(cc2nc1Cl)OCO3. The molecule has 3 rings (SSSR count). The van der Waals surface area contributed by atoms with Gasteiger partial charge in [-0.2, -0.15) is 0 Å². The molecule has 0 radical (unpaired) electrons. The van der Waals surface area contributed by atoms with E-state index in [-0.39, 0.29) is 12.7 Å². The topological polar surface area (TPSA) is 54.9 Å². The van der Waals surface area contributed by atoms with E-state index in [0.29, 0.717) is 29.7 Å². The summed E-state index contributed by atoms with van der Waals surface area (Å²) in [5.41, 5.74) is 1.56. The molecular weight excluding hydrogens is 330 g/mol. The number of carbonyl (C=O) groups is 1. The molecule has 0 saturated carbocycles. The first-order valence-electron chi connectivity index (χ1n) is 7.73. The quantitative estimate of drug-likeness (QED) is 0.776. The second-order valence-electron chi connectivity index (χ2n) is 6.08. The van der Waals surface area contributed by atoms with Crippen LogP contribution in [0.3, 0.4) is 0 Å². The number of hydrogen-bond acceptors (Lipinski definition) is 5. The number of likely N-dealkylation sites (N-methyl/N-ethyl adjacent to an activating group) is 1. The third-order valence-corrected chi connectivity index (χ3v) is 4.29. The van der Waals surface area contributed by atoms with Crippen LogP contribution in [-0.4, -0.2) is 54.7 Å². The fourth-order valence-electron chi connectivity index (χ4n) is 2.57. The predicted octanol–water partition coefficient (Wildman–Crippen LogP) is 2.53. The number of hydrogen-bond donors (Lipinski definition) is 0. The van der Waals surface area contributed by atoms with E-state index in [2.05, 4.69) is 4.98 Å². The molecule has 0 atom stereocenters. The molecule has 1 aliphatic heterocycles. The highest BCUT2D eigenvalue weighted by molar-refractivity contribution is 6.30. The highest BCUT2D eigenvalue weighted by Crippen LogP contribution is 2.36. The highest BCUT2D eigenvalue weighted by atomic mass is 35.5. The van der Waals surface area contributed by atoms with Gasteiger partial charge in [-0.15, -0.1) is 0 Å². The summed E-state index contributed by atoms with van der Waals surface area (Å²) in [6, 6.07) is 5.67. The number of halogens is 1. The van der Waals surface area contributed by atoms with Gasteiger partial charge in [0.2, 0.25) is 12.7 Å². The highest BCUT2D eigenvalue weighted by Gasteiger charge is 2.17. The van der Waals surface area contributed by atoms with Gasteiger partial charge in [0.15, 0.2) is 11.5 Å². The zero-order chi connectivity index (χ0) is 17.3. The number of amides is 1. The van der Waals surface area contributed by atoms with E-state index >= 15 is 0 Å². The van der Waals surface area contributed by atoms with Gasteiger partial charge >= 0.3 is 0 Å². The van der Waals surface area contributed by atoms with Crippen LogP contribution in [0, 0.1) is 0 Å².